The monoisotopic (exact) mass is 318 g/mol. The van der Waals surface area contributed by atoms with Gasteiger partial charge in [-0.05, 0) is 37.6 Å². The van der Waals surface area contributed by atoms with Crippen LogP contribution in [0.4, 0.5) is 5.69 Å². The number of thioether (sulfide) groups is 1. The van der Waals surface area contributed by atoms with Gasteiger partial charge in [-0.1, -0.05) is 11.3 Å². The highest BCUT2D eigenvalue weighted by Crippen LogP contribution is 2.27. The van der Waals surface area contributed by atoms with Crippen molar-refractivity contribution in [2.75, 3.05) is 5.73 Å². The molecule has 2 aromatic heterocycles. The maximum absolute atomic E-state index is 11.8. The minimum Gasteiger partial charge on any atom is -0.399 e. The van der Waals surface area contributed by atoms with Crippen molar-refractivity contribution >= 4 is 33.7 Å². The molecule has 3 rings (SSSR count). The van der Waals surface area contributed by atoms with Crippen LogP contribution in [0, 0.1) is 13.8 Å². The van der Waals surface area contributed by atoms with E-state index in [1.807, 2.05) is 26.0 Å². The van der Waals surface area contributed by atoms with Gasteiger partial charge in [0.1, 0.15) is 5.01 Å². The van der Waals surface area contributed by atoms with Gasteiger partial charge in [-0.15, -0.1) is 11.8 Å². The number of fused-ring (bicyclic) bond motifs is 1. The summed E-state index contributed by atoms with van der Waals surface area (Å²) in [5, 5.41) is 5.20. The SMILES string of the molecule is Cc1cc(=O)n2nc(CSc3ccc(N)c(C)c3)sc2n1. The van der Waals surface area contributed by atoms with Crippen molar-refractivity contribution < 1.29 is 0 Å². The van der Waals surface area contributed by atoms with E-state index >= 15 is 0 Å². The van der Waals surface area contributed by atoms with Gasteiger partial charge < -0.3 is 5.73 Å². The Kier molecular flexibility index (Phi) is 3.69. The lowest BCUT2D eigenvalue weighted by molar-refractivity contribution is 0.870. The Balaban J connectivity index is 1.83. The van der Waals surface area contributed by atoms with Gasteiger partial charge in [0, 0.05) is 22.3 Å². The molecule has 0 aliphatic heterocycles. The molecule has 0 aliphatic rings. The molecule has 7 heteroatoms. The third-order valence-corrected chi connectivity index (χ3v) is 5.11. The zero-order chi connectivity index (χ0) is 15.0. The predicted molar refractivity (Wildman–Crippen MR) is 87.0 cm³/mol. The summed E-state index contributed by atoms with van der Waals surface area (Å²) in [6.45, 7) is 3.80. The number of nitrogen functional groups attached to an aromatic ring is 1. The molecule has 0 atom stereocenters. The van der Waals surface area contributed by atoms with Crippen LogP contribution >= 0.6 is 23.1 Å². The summed E-state index contributed by atoms with van der Waals surface area (Å²) < 4.78 is 1.36. The lowest BCUT2D eigenvalue weighted by Gasteiger charge is -2.03. The maximum atomic E-state index is 11.8. The van der Waals surface area contributed by atoms with Crippen LogP contribution < -0.4 is 11.3 Å². The largest absolute Gasteiger partial charge is 0.399 e. The Labute approximate surface area is 129 Å². The number of anilines is 1. The first kappa shape index (κ1) is 14.1. The molecule has 0 saturated carbocycles. The fourth-order valence-corrected chi connectivity index (χ4v) is 3.83. The first-order chi connectivity index (χ1) is 10.0. The molecular weight excluding hydrogens is 304 g/mol. The summed E-state index contributed by atoms with van der Waals surface area (Å²) in [5.74, 6) is 0.704. The Morgan fingerprint density at radius 3 is 2.90 bits per heavy atom. The van der Waals surface area contributed by atoms with Crippen molar-refractivity contribution in [2.45, 2.75) is 24.5 Å². The molecule has 108 valence electrons. The van der Waals surface area contributed by atoms with Crippen molar-refractivity contribution in [3.05, 3.63) is 50.9 Å². The standard InChI is InChI=1S/C14H14N4OS2/c1-8-5-10(3-4-11(8)15)20-7-12-17-18-13(19)6-9(2)16-14(18)21-12/h3-6H,7,15H2,1-2H3. The predicted octanol–water partition coefficient (Wildman–Crippen LogP) is 2.64. The second-order valence-electron chi connectivity index (χ2n) is 4.73. The Morgan fingerprint density at radius 2 is 2.14 bits per heavy atom. The van der Waals surface area contributed by atoms with Crippen LogP contribution in [-0.4, -0.2) is 14.6 Å². The van der Waals surface area contributed by atoms with Crippen LogP contribution in [0.3, 0.4) is 0 Å². The van der Waals surface area contributed by atoms with Crippen LogP contribution in [0.1, 0.15) is 16.3 Å². The van der Waals surface area contributed by atoms with Crippen LogP contribution in [0.2, 0.25) is 0 Å². The quantitative estimate of drug-likeness (QED) is 0.593. The Morgan fingerprint density at radius 1 is 1.33 bits per heavy atom. The minimum atomic E-state index is -0.131. The van der Waals surface area contributed by atoms with Gasteiger partial charge in [0.05, 0.1) is 5.75 Å². The highest BCUT2D eigenvalue weighted by Gasteiger charge is 2.08. The third-order valence-electron chi connectivity index (χ3n) is 3.02. The van der Waals surface area contributed by atoms with Crippen molar-refractivity contribution in [1.29, 1.82) is 0 Å². The van der Waals surface area contributed by atoms with E-state index < -0.39 is 0 Å². The maximum Gasteiger partial charge on any atom is 0.275 e. The minimum absolute atomic E-state index is 0.131. The van der Waals surface area contributed by atoms with Crippen LogP contribution in [0.25, 0.3) is 4.96 Å². The zero-order valence-electron chi connectivity index (χ0n) is 11.7. The molecular formula is C14H14N4OS2. The number of aryl methyl sites for hydroxylation is 2. The van der Waals surface area contributed by atoms with Gasteiger partial charge in [-0.3, -0.25) is 4.79 Å². The highest BCUT2D eigenvalue weighted by molar-refractivity contribution is 7.98. The third kappa shape index (κ3) is 2.93. The number of benzene rings is 1. The van der Waals surface area contributed by atoms with Crippen molar-refractivity contribution in [2.24, 2.45) is 0 Å². The van der Waals surface area contributed by atoms with E-state index in [1.165, 1.54) is 21.9 Å². The van der Waals surface area contributed by atoms with Crippen LogP contribution in [-0.2, 0) is 5.75 Å². The first-order valence-corrected chi connectivity index (χ1v) is 8.18. The fourth-order valence-electron chi connectivity index (χ4n) is 1.90. The lowest BCUT2D eigenvalue weighted by atomic mass is 10.2. The second kappa shape index (κ2) is 5.50. The fraction of sp³-hybridized carbons (Fsp3) is 0.214. The molecule has 0 radical (unpaired) electrons. The van der Waals surface area contributed by atoms with Crippen molar-refractivity contribution in [3.8, 4) is 0 Å². The molecule has 2 heterocycles. The molecule has 5 nitrogen and oxygen atoms in total. The molecule has 0 unspecified atom stereocenters. The number of nitrogens with two attached hydrogens (primary N) is 1. The van der Waals surface area contributed by atoms with Crippen molar-refractivity contribution in [1.82, 2.24) is 14.6 Å². The van der Waals surface area contributed by atoms with Gasteiger partial charge >= 0.3 is 0 Å². The first-order valence-electron chi connectivity index (χ1n) is 6.38. The van der Waals surface area contributed by atoms with E-state index in [-0.39, 0.29) is 5.56 Å². The molecule has 0 aliphatic carbocycles. The summed E-state index contributed by atoms with van der Waals surface area (Å²) in [4.78, 5) is 17.9. The molecule has 0 fully saturated rings. The molecule has 0 bridgehead atoms. The van der Waals surface area contributed by atoms with Crippen molar-refractivity contribution in [3.63, 3.8) is 0 Å². The highest BCUT2D eigenvalue weighted by atomic mass is 32.2. The summed E-state index contributed by atoms with van der Waals surface area (Å²) in [5.41, 5.74) is 8.26. The number of nitrogens with zero attached hydrogens (tertiary/aromatic N) is 3. The van der Waals surface area contributed by atoms with Gasteiger partial charge in [-0.25, -0.2) is 4.98 Å². The zero-order valence-corrected chi connectivity index (χ0v) is 13.3. The smallest absolute Gasteiger partial charge is 0.275 e. The van der Waals surface area contributed by atoms with Crippen LogP contribution in [0.5, 0.6) is 0 Å². The average molecular weight is 318 g/mol. The Bertz CT molecular complexity index is 869. The lowest BCUT2D eigenvalue weighted by Crippen LogP contribution is -2.14. The topological polar surface area (TPSA) is 73.3 Å². The van der Waals surface area contributed by atoms with E-state index in [0.717, 1.165) is 26.8 Å². The van der Waals surface area contributed by atoms with Gasteiger partial charge in [0.25, 0.3) is 5.56 Å². The van der Waals surface area contributed by atoms with E-state index in [1.54, 1.807) is 11.8 Å². The van der Waals surface area contributed by atoms with Gasteiger partial charge in [0.15, 0.2) is 0 Å². The molecule has 0 spiro atoms. The van der Waals surface area contributed by atoms with E-state index in [0.29, 0.717) is 10.7 Å². The summed E-state index contributed by atoms with van der Waals surface area (Å²) >= 11 is 3.12. The average Bonchev–Trinajstić information content (AvgIpc) is 2.83. The van der Waals surface area contributed by atoms with E-state index in [9.17, 15) is 4.79 Å². The molecule has 21 heavy (non-hydrogen) atoms. The Hall–Kier alpha value is -1.86. The molecule has 0 amide bonds. The van der Waals surface area contributed by atoms with Gasteiger partial charge in [0.2, 0.25) is 4.96 Å². The molecule has 3 aromatic rings. The van der Waals surface area contributed by atoms with E-state index in [4.69, 9.17) is 5.73 Å². The summed E-state index contributed by atoms with van der Waals surface area (Å²) in [6, 6.07) is 7.45. The number of rotatable bonds is 3. The number of hydrogen-bond acceptors (Lipinski definition) is 6. The summed E-state index contributed by atoms with van der Waals surface area (Å²) in [6.07, 6.45) is 0. The molecule has 1 aromatic carbocycles. The normalized spacial score (nSPS) is 11.1. The second-order valence-corrected chi connectivity index (χ2v) is 6.82. The molecule has 2 N–H and O–H groups in total. The van der Waals surface area contributed by atoms with Crippen LogP contribution in [0.15, 0.2) is 34.0 Å². The molecule has 0 saturated heterocycles. The van der Waals surface area contributed by atoms with Gasteiger partial charge in [-0.2, -0.15) is 9.61 Å². The summed E-state index contributed by atoms with van der Waals surface area (Å²) in [7, 11) is 0. The number of hydrogen-bond donors (Lipinski definition) is 1. The van der Waals surface area contributed by atoms with E-state index in [2.05, 4.69) is 16.1 Å². The number of aromatic nitrogens is 3.